The summed E-state index contributed by atoms with van der Waals surface area (Å²) in [7, 11) is 0. The van der Waals surface area contributed by atoms with Crippen LogP contribution in [0, 0.1) is 18.7 Å². The molecule has 102 valence electrons. The predicted octanol–water partition coefficient (Wildman–Crippen LogP) is 2.46. The van der Waals surface area contributed by atoms with Crippen LogP contribution in [0.15, 0.2) is 24.4 Å². The third-order valence-electron chi connectivity index (χ3n) is 2.75. The lowest BCUT2D eigenvalue weighted by atomic mass is 10.2. The summed E-state index contributed by atoms with van der Waals surface area (Å²) < 4.78 is 15.2. The van der Waals surface area contributed by atoms with Crippen molar-refractivity contribution in [1.82, 2.24) is 20.3 Å². The van der Waals surface area contributed by atoms with Crippen molar-refractivity contribution in [2.24, 2.45) is 5.92 Å². The van der Waals surface area contributed by atoms with Crippen molar-refractivity contribution in [2.75, 3.05) is 6.54 Å². The number of hydrogen-bond acceptors (Lipinski definition) is 3. The third kappa shape index (κ3) is 3.61. The summed E-state index contributed by atoms with van der Waals surface area (Å²) >= 11 is 0. The van der Waals surface area contributed by atoms with Crippen LogP contribution in [0.1, 0.15) is 25.1 Å². The van der Waals surface area contributed by atoms with Gasteiger partial charge in [-0.25, -0.2) is 9.07 Å². The van der Waals surface area contributed by atoms with E-state index < -0.39 is 0 Å². The standard InChI is InChI=1S/C14H19FN4/c1-10(2)7-16-8-12-9-19(18-17-12)14-6-11(3)4-5-13(14)15/h4-6,9-10,16H,7-8H2,1-3H3. The molecule has 2 rings (SSSR count). The first-order chi connectivity index (χ1) is 9.06. The predicted molar refractivity (Wildman–Crippen MR) is 72.6 cm³/mol. The van der Waals surface area contributed by atoms with Gasteiger partial charge in [0.25, 0.3) is 0 Å². The van der Waals surface area contributed by atoms with Crippen molar-refractivity contribution in [3.8, 4) is 5.69 Å². The summed E-state index contributed by atoms with van der Waals surface area (Å²) in [6.45, 7) is 7.78. The molecule has 1 N–H and O–H groups in total. The van der Waals surface area contributed by atoms with Crippen LogP contribution in [0.3, 0.4) is 0 Å². The summed E-state index contributed by atoms with van der Waals surface area (Å²) in [5, 5.41) is 11.3. The zero-order valence-electron chi connectivity index (χ0n) is 11.5. The highest BCUT2D eigenvalue weighted by Crippen LogP contribution is 2.14. The van der Waals surface area contributed by atoms with Gasteiger partial charge in [-0.3, -0.25) is 0 Å². The summed E-state index contributed by atoms with van der Waals surface area (Å²) in [5.41, 5.74) is 2.23. The van der Waals surface area contributed by atoms with Crippen LogP contribution in [0.2, 0.25) is 0 Å². The second kappa shape index (κ2) is 5.93. The molecule has 5 heteroatoms. The molecule has 0 atom stereocenters. The molecular weight excluding hydrogens is 243 g/mol. The fourth-order valence-corrected chi connectivity index (χ4v) is 1.78. The van der Waals surface area contributed by atoms with Crippen molar-refractivity contribution in [2.45, 2.75) is 27.3 Å². The van der Waals surface area contributed by atoms with E-state index in [4.69, 9.17) is 0 Å². The Labute approximate surface area is 112 Å². The van der Waals surface area contributed by atoms with Crippen LogP contribution in [0.4, 0.5) is 4.39 Å². The molecule has 1 aromatic heterocycles. The van der Waals surface area contributed by atoms with Gasteiger partial charge in [-0.2, -0.15) is 0 Å². The van der Waals surface area contributed by atoms with Gasteiger partial charge in [0.1, 0.15) is 11.5 Å². The van der Waals surface area contributed by atoms with Crippen molar-refractivity contribution < 1.29 is 4.39 Å². The lowest BCUT2D eigenvalue weighted by Gasteiger charge is -2.04. The molecule has 0 saturated heterocycles. The van der Waals surface area contributed by atoms with E-state index in [2.05, 4.69) is 29.5 Å². The molecule has 0 bridgehead atoms. The highest BCUT2D eigenvalue weighted by atomic mass is 19.1. The molecule has 1 aromatic carbocycles. The Morgan fingerprint density at radius 3 is 2.89 bits per heavy atom. The average molecular weight is 262 g/mol. The second-order valence-electron chi connectivity index (χ2n) is 5.13. The van der Waals surface area contributed by atoms with Crippen molar-refractivity contribution >= 4 is 0 Å². The van der Waals surface area contributed by atoms with E-state index in [0.29, 0.717) is 18.2 Å². The van der Waals surface area contributed by atoms with E-state index in [1.807, 2.05) is 6.92 Å². The Kier molecular flexibility index (Phi) is 4.27. The fourth-order valence-electron chi connectivity index (χ4n) is 1.78. The third-order valence-corrected chi connectivity index (χ3v) is 2.75. The maximum Gasteiger partial charge on any atom is 0.148 e. The maximum absolute atomic E-state index is 13.7. The van der Waals surface area contributed by atoms with E-state index in [-0.39, 0.29) is 5.82 Å². The molecule has 0 radical (unpaired) electrons. The van der Waals surface area contributed by atoms with E-state index in [1.54, 1.807) is 18.3 Å². The first kappa shape index (κ1) is 13.7. The maximum atomic E-state index is 13.7. The van der Waals surface area contributed by atoms with Crippen molar-refractivity contribution in [3.63, 3.8) is 0 Å². The van der Waals surface area contributed by atoms with Crippen LogP contribution in [0.25, 0.3) is 5.69 Å². The van der Waals surface area contributed by atoms with E-state index in [0.717, 1.165) is 17.8 Å². The highest BCUT2D eigenvalue weighted by molar-refractivity contribution is 5.36. The van der Waals surface area contributed by atoms with Crippen molar-refractivity contribution in [3.05, 3.63) is 41.5 Å². The molecule has 0 aliphatic rings. The zero-order valence-corrected chi connectivity index (χ0v) is 11.5. The van der Waals surface area contributed by atoms with Gasteiger partial charge in [-0.05, 0) is 37.1 Å². The highest BCUT2D eigenvalue weighted by Gasteiger charge is 2.08. The molecule has 0 aliphatic heterocycles. The van der Waals surface area contributed by atoms with Crippen LogP contribution in [0.5, 0.6) is 0 Å². The number of halogens is 1. The summed E-state index contributed by atoms with van der Waals surface area (Å²) in [5.74, 6) is 0.293. The van der Waals surface area contributed by atoms with E-state index >= 15 is 0 Å². The summed E-state index contributed by atoms with van der Waals surface area (Å²) in [6, 6.07) is 4.94. The van der Waals surface area contributed by atoms with Gasteiger partial charge < -0.3 is 5.32 Å². The average Bonchev–Trinajstić information content (AvgIpc) is 2.80. The molecule has 0 fully saturated rings. The van der Waals surface area contributed by atoms with Gasteiger partial charge >= 0.3 is 0 Å². The van der Waals surface area contributed by atoms with E-state index in [1.165, 1.54) is 10.7 Å². The van der Waals surface area contributed by atoms with Crippen LogP contribution in [-0.2, 0) is 6.54 Å². The largest absolute Gasteiger partial charge is 0.311 e. The molecule has 19 heavy (non-hydrogen) atoms. The Hall–Kier alpha value is -1.75. The van der Waals surface area contributed by atoms with Gasteiger partial charge in [-0.15, -0.1) is 5.10 Å². The molecule has 0 amide bonds. The Morgan fingerprint density at radius 1 is 1.37 bits per heavy atom. The monoisotopic (exact) mass is 262 g/mol. The topological polar surface area (TPSA) is 42.7 Å². The number of nitrogens with zero attached hydrogens (tertiary/aromatic N) is 3. The van der Waals surface area contributed by atoms with Crippen LogP contribution < -0.4 is 5.32 Å². The first-order valence-corrected chi connectivity index (χ1v) is 6.44. The molecule has 0 aliphatic carbocycles. The number of aromatic nitrogens is 3. The lowest BCUT2D eigenvalue weighted by Crippen LogP contribution is -2.19. The van der Waals surface area contributed by atoms with Gasteiger partial charge in [-0.1, -0.05) is 25.1 Å². The smallest absolute Gasteiger partial charge is 0.148 e. The Balaban J connectivity index is 2.10. The number of hydrogen-bond donors (Lipinski definition) is 1. The van der Waals surface area contributed by atoms with E-state index in [9.17, 15) is 4.39 Å². The number of rotatable bonds is 5. The Bertz CT molecular complexity index is 548. The molecule has 0 saturated carbocycles. The van der Waals surface area contributed by atoms with Gasteiger partial charge in [0, 0.05) is 6.54 Å². The van der Waals surface area contributed by atoms with Gasteiger partial charge in [0.05, 0.1) is 11.9 Å². The van der Waals surface area contributed by atoms with Gasteiger partial charge in [0.2, 0.25) is 0 Å². The minimum atomic E-state index is -0.294. The number of nitrogens with one attached hydrogen (secondary N) is 1. The molecule has 4 nitrogen and oxygen atoms in total. The first-order valence-electron chi connectivity index (χ1n) is 6.44. The van der Waals surface area contributed by atoms with Crippen LogP contribution in [-0.4, -0.2) is 21.5 Å². The van der Waals surface area contributed by atoms with Gasteiger partial charge in [0.15, 0.2) is 0 Å². The lowest BCUT2D eigenvalue weighted by molar-refractivity contribution is 0.548. The molecule has 0 spiro atoms. The normalized spacial score (nSPS) is 11.2. The SMILES string of the molecule is Cc1ccc(F)c(-n2cc(CNCC(C)C)nn2)c1. The second-order valence-corrected chi connectivity index (χ2v) is 5.13. The molecule has 2 aromatic rings. The summed E-state index contributed by atoms with van der Waals surface area (Å²) in [6.07, 6.45) is 1.76. The quantitative estimate of drug-likeness (QED) is 0.900. The zero-order chi connectivity index (χ0) is 13.8. The van der Waals surface area contributed by atoms with Crippen molar-refractivity contribution in [1.29, 1.82) is 0 Å². The Morgan fingerprint density at radius 2 is 2.16 bits per heavy atom. The molecular formula is C14H19FN4. The summed E-state index contributed by atoms with van der Waals surface area (Å²) in [4.78, 5) is 0. The number of aryl methyl sites for hydroxylation is 1. The fraction of sp³-hybridized carbons (Fsp3) is 0.429. The number of benzene rings is 1. The minimum absolute atomic E-state index is 0.294. The van der Waals surface area contributed by atoms with Crippen LogP contribution >= 0.6 is 0 Å². The molecule has 0 unspecified atom stereocenters. The molecule has 1 heterocycles. The minimum Gasteiger partial charge on any atom is -0.311 e.